The molecule has 2 fully saturated rings. The van der Waals surface area contributed by atoms with Gasteiger partial charge in [-0.2, -0.15) is 0 Å². The van der Waals surface area contributed by atoms with Crippen molar-refractivity contribution >= 4 is 11.6 Å². The van der Waals surface area contributed by atoms with Crippen LogP contribution in [-0.4, -0.2) is 49.6 Å². The van der Waals surface area contributed by atoms with Crippen LogP contribution in [0.1, 0.15) is 30.1 Å². The summed E-state index contributed by atoms with van der Waals surface area (Å²) in [6.45, 7) is 6.00. The average molecular weight is 291 g/mol. The van der Waals surface area contributed by atoms with Crippen LogP contribution in [-0.2, 0) is 0 Å². The number of anilines is 1. The predicted molar refractivity (Wildman–Crippen MR) is 81.2 cm³/mol. The molecule has 114 valence electrons. The number of hydrogen-bond donors (Lipinski definition) is 1. The number of nitrogens with one attached hydrogen (secondary N) is 1. The van der Waals surface area contributed by atoms with Crippen LogP contribution in [0.2, 0.25) is 0 Å². The van der Waals surface area contributed by atoms with E-state index in [4.69, 9.17) is 0 Å². The molecule has 0 spiro atoms. The third kappa shape index (κ3) is 3.02. The number of carbonyl (C=O) groups is 1. The minimum absolute atomic E-state index is 0.0739. The molecule has 2 saturated heterocycles. The lowest BCUT2D eigenvalue weighted by Gasteiger charge is -2.32. The zero-order valence-corrected chi connectivity index (χ0v) is 12.4. The van der Waals surface area contributed by atoms with E-state index in [0.717, 1.165) is 32.5 Å². The van der Waals surface area contributed by atoms with E-state index in [1.54, 1.807) is 17.0 Å². The lowest BCUT2D eigenvalue weighted by molar-refractivity contribution is 0.0708. The maximum absolute atomic E-state index is 14.3. The van der Waals surface area contributed by atoms with Gasteiger partial charge in [-0.1, -0.05) is 0 Å². The topological polar surface area (TPSA) is 35.6 Å². The van der Waals surface area contributed by atoms with Crippen molar-refractivity contribution in [3.05, 3.63) is 29.6 Å². The summed E-state index contributed by atoms with van der Waals surface area (Å²) >= 11 is 0. The first-order valence-electron chi connectivity index (χ1n) is 7.72. The van der Waals surface area contributed by atoms with Gasteiger partial charge in [-0.25, -0.2) is 4.39 Å². The first-order chi connectivity index (χ1) is 10.1. The second kappa shape index (κ2) is 6.02. The van der Waals surface area contributed by atoms with Crippen LogP contribution >= 0.6 is 0 Å². The van der Waals surface area contributed by atoms with Crippen molar-refractivity contribution in [1.82, 2.24) is 10.2 Å². The van der Waals surface area contributed by atoms with Crippen molar-refractivity contribution in [3.63, 3.8) is 0 Å². The molecule has 0 bridgehead atoms. The molecule has 1 unspecified atom stereocenters. The number of carbonyl (C=O) groups excluding carboxylic acids is 1. The van der Waals surface area contributed by atoms with Crippen LogP contribution in [0.4, 0.5) is 10.1 Å². The van der Waals surface area contributed by atoms with Gasteiger partial charge in [-0.05, 0) is 38.0 Å². The second-order valence-corrected chi connectivity index (χ2v) is 5.97. The number of hydrogen-bond acceptors (Lipinski definition) is 3. The summed E-state index contributed by atoms with van der Waals surface area (Å²) < 4.78 is 14.3. The van der Waals surface area contributed by atoms with Gasteiger partial charge in [0.15, 0.2) is 0 Å². The monoisotopic (exact) mass is 291 g/mol. The SMILES string of the molecule is CC1CN(C(=O)c2ccc(N3CCCC3)c(F)c2)CCN1. The number of piperazine rings is 1. The summed E-state index contributed by atoms with van der Waals surface area (Å²) in [5.74, 6) is -0.360. The van der Waals surface area contributed by atoms with Crippen molar-refractivity contribution in [3.8, 4) is 0 Å². The van der Waals surface area contributed by atoms with Gasteiger partial charge < -0.3 is 15.1 Å². The molecule has 1 N–H and O–H groups in total. The molecular weight excluding hydrogens is 269 g/mol. The fraction of sp³-hybridized carbons (Fsp3) is 0.562. The number of benzene rings is 1. The Morgan fingerprint density at radius 3 is 2.71 bits per heavy atom. The van der Waals surface area contributed by atoms with Crippen LogP contribution in [0.5, 0.6) is 0 Å². The Balaban J connectivity index is 1.76. The standard InChI is InChI=1S/C16H22FN3O/c1-12-11-20(9-6-18-12)16(21)13-4-5-15(14(17)10-13)19-7-2-3-8-19/h4-5,10,12,18H,2-3,6-9,11H2,1H3. The summed E-state index contributed by atoms with van der Waals surface area (Å²) in [7, 11) is 0. The van der Waals surface area contributed by atoms with E-state index >= 15 is 0 Å². The van der Waals surface area contributed by atoms with Crippen molar-refractivity contribution in [1.29, 1.82) is 0 Å². The van der Waals surface area contributed by atoms with Gasteiger partial charge in [0.25, 0.3) is 5.91 Å². The van der Waals surface area contributed by atoms with Gasteiger partial charge in [-0.15, -0.1) is 0 Å². The zero-order chi connectivity index (χ0) is 14.8. The van der Waals surface area contributed by atoms with Crippen molar-refractivity contribution in [2.75, 3.05) is 37.6 Å². The quantitative estimate of drug-likeness (QED) is 0.903. The van der Waals surface area contributed by atoms with Crippen molar-refractivity contribution < 1.29 is 9.18 Å². The van der Waals surface area contributed by atoms with Crippen molar-refractivity contribution in [2.24, 2.45) is 0 Å². The first kappa shape index (κ1) is 14.3. The molecule has 0 aliphatic carbocycles. The molecule has 1 amide bonds. The van der Waals surface area contributed by atoms with Crippen LogP contribution in [0.3, 0.4) is 0 Å². The summed E-state index contributed by atoms with van der Waals surface area (Å²) in [5.41, 5.74) is 1.07. The highest BCUT2D eigenvalue weighted by Gasteiger charge is 2.23. The molecular formula is C16H22FN3O. The highest BCUT2D eigenvalue weighted by atomic mass is 19.1. The molecule has 2 heterocycles. The Bertz CT molecular complexity index is 528. The van der Waals surface area contributed by atoms with E-state index in [1.165, 1.54) is 6.07 Å². The Morgan fingerprint density at radius 1 is 1.29 bits per heavy atom. The van der Waals surface area contributed by atoms with Crippen molar-refractivity contribution in [2.45, 2.75) is 25.8 Å². The number of nitrogens with zero attached hydrogens (tertiary/aromatic N) is 2. The molecule has 0 aromatic heterocycles. The first-order valence-corrected chi connectivity index (χ1v) is 7.72. The molecule has 5 heteroatoms. The third-order valence-electron chi connectivity index (χ3n) is 4.30. The summed E-state index contributed by atoms with van der Waals surface area (Å²) in [5, 5.41) is 3.30. The van der Waals surface area contributed by atoms with Gasteiger partial charge in [-0.3, -0.25) is 4.79 Å². The minimum atomic E-state index is -0.286. The van der Waals surface area contributed by atoms with Crippen LogP contribution < -0.4 is 10.2 Å². The molecule has 21 heavy (non-hydrogen) atoms. The predicted octanol–water partition coefficient (Wildman–Crippen LogP) is 1.86. The van der Waals surface area contributed by atoms with Crippen LogP contribution in [0, 0.1) is 5.82 Å². The third-order valence-corrected chi connectivity index (χ3v) is 4.30. The molecule has 3 rings (SSSR count). The maximum atomic E-state index is 14.3. The molecule has 1 aromatic rings. The number of amides is 1. The van der Waals surface area contributed by atoms with Gasteiger partial charge in [0.1, 0.15) is 5.82 Å². The van der Waals surface area contributed by atoms with E-state index in [1.807, 2.05) is 0 Å². The van der Waals surface area contributed by atoms with E-state index in [-0.39, 0.29) is 17.8 Å². The summed E-state index contributed by atoms with van der Waals surface area (Å²) in [6.07, 6.45) is 2.22. The number of halogens is 1. The van der Waals surface area contributed by atoms with Gasteiger partial charge in [0.2, 0.25) is 0 Å². The zero-order valence-electron chi connectivity index (χ0n) is 12.4. The highest BCUT2D eigenvalue weighted by molar-refractivity contribution is 5.94. The Labute approximate surface area is 124 Å². The van der Waals surface area contributed by atoms with E-state index in [2.05, 4.69) is 17.1 Å². The fourth-order valence-corrected chi connectivity index (χ4v) is 3.15. The molecule has 2 aliphatic heterocycles. The highest BCUT2D eigenvalue weighted by Crippen LogP contribution is 2.25. The van der Waals surface area contributed by atoms with Gasteiger partial charge in [0, 0.05) is 44.3 Å². The molecule has 4 nitrogen and oxygen atoms in total. The normalized spacial score (nSPS) is 22.7. The smallest absolute Gasteiger partial charge is 0.254 e. The van der Waals surface area contributed by atoms with Gasteiger partial charge >= 0.3 is 0 Å². The fourth-order valence-electron chi connectivity index (χ4n) is 3.15. The Morgan fingerprint density at radius 2 is 2.05 bits per heavy atom. The lowest BCUT2D eigenvalue weighted by atomic mass is 10.1. The molecule has 1 aromatic carbocycles. The van der Waals surface area contributed by atoms with Crippen LogP contribution in [0.15, 0.2) is 18.2 Å². The Hall–Kier alpha value is -1.62. The van der Waals surface area contributed by atoms with E-state index in [9.17, 15) is 9.18 Å². The molecule has 0 radical (unpaired) electrons. The second-order valence-electron chi connectivity index (χ2n) is 5.97. The lowest BCUT2D eigenvalue weighted by Crippen LogP contribution is -2.51. The molecule has 0 saturated carbocycles. The molecule has 1 atom stereocenters. The van der Waals surface area contributed by atoms with E-state index < -0.39 is 0 Å². The van der Waals surface area contributed by atoms with Crippen LogP contribution in [0.25, 0.3) is 0 Å². The maximum Gasteiger partial charge on any atom is 0.254 e. The molecule has 2 aliphatic rings. The van der Waals surface area contributed by atoms with Gasteiger partial charge in [0.05, 0.1) is 5.69 Å². The summed E-state index contributed by atoms with van der Waals surface area (Å²) in [6, 6.07) is 5.19. The number of rotatable bonds is 2. The average Bonchev–Trinajstić information content (AvgIpc) is 3.00. The largest absolute Gasteiger partial charge is 0.369 e. The Kier molecular flexibility index (Phi) is 4.10. The minimum Gasteiger partial charge on any atom is -0.369 e. The summed E-state index contributed by atoms with van der Waals surface area (Å²) in [4.78, 5) is 16.3. The van der Waals surface area contributed by atoms with E-state index in [0.29, 0.717) is 24.3 Å².